The summed E-state index contributed by atoms with van der Waals surface area (Å²) in [5.74, 6) is 0.251. The van der Waals surface area contributed by atoms with E-state index in [-0.39, 0.29) is 5.91 Å². The SMILES string of the molecule is CC(C)CN(CCC(=O)NC(N)=O)CC1CCCN1. The van der Waals surface area contributed by atoms with Gasteiger partial charge in [-0.15, -0.1) is 0 Å². The molecule has 19 heavy (non-hydrogen) atoms. The standard InChI is InChI=1S/C13H26N4O2/c1-10(2)8-17(9-11-4-3-6-15-11)7-5-12(18)16-13(14)19/h10-11,15H,3-9H2,1-2H3,(H3,14,16,18,19). The summed E-state index contributed by atoms with van der Waals surface area (Å²) in [6.45, 7) is 8.00. The van der Waals surface area contributed by atoms with Gasteiger partial charge in [0, 0.05) is 32.1 Å². The molecule has 4 N–H and O–H groups in total. The van der Waals surface area contributed by atoms with Crippen molar-refractivity contribution in [2.45, 2.75) is 39.2 Å². The highest BCUT2D eigenvalue weighted by molar-refractivity contribution is 5.93. The number of nitrogens with zero attached hydrogens (tertiary/aromatic N) is 1. The zero-order valence-corrected chi connectivity index (χ0v) is 11.9. The first kappa shape index (κ1) is 15.9. The minimum Gasteiger partial charge on any atom is -0.351 e. The van der Waals surface area contributed by atoms with E-state index in [1.165, 1.54) is 12.8 Å². The molecular weight excluding hydrogens is 244 g/mol. The van der Waals surface area contributed by atoms with Crippen LogP contribution in [0.5, 0.6) is 0 Å². The summed E-state index contributed by atoms with van der Waals surface area (Å²) in [6, 6.07) is -0.254. The van der Waals surface area contributed by atoms with E-state index in [1.807, 2.05) is 0 Å². The molecule has 6 nitrogen and oxygen atoms in total. The first-order valence-corrected chi connectivity index (χ1v) is 7.02. The van der Waals surface area contributed by atoms with Crippen LogP contribution in [0.1, 0.15) is 33.1 Å². The van der Waals surface area contributed by atoms with E-state index in [2.05, 4.69) is 29.4 Å². The molecule has 1 unspecified atom stereocenters. The van der Waals surface area contributed by atoms with Crippen LogP contribution in [0.4, 0.5) is 4.79 Å². The number of imide groups is 1. The Labute approximate surface area is 115 Å². The van der Waals surface area contributed by atoms with Gasteiger partial charge in [-0.25, -0.2) is 4.79 Å². The highest BCUT2D eigenvalue weighted by atomic mass is 16.2. The second-order valence-corrected chi connectivity index (χ2v) is 5.61. The molecule has 3 amide bonds. The van der Waals surface area contributed by atoms with Crippen LogP contribution < -0.4 is 16.4 Å². The van der Waals surface area contributed by atoms with Crippen molar-refractivity contribution in [3.8, 4) is 0 Å². The van der Waals surface area contributed by atoms with Crippen LogP contribution in [0.25, 0.3) is 0 Å². The Morgan fingerprint density at radius 3 is 2.74 bits per heavy atom. The van der Waals surface area contributed by atoms with Crippen molar-refractivity contribution >= 4 is 11.9 Å². The monoisotopic (exact) mass is 270 g/mol. The molecule has 0 saturated carbocycles. The van der Waals surface area contributed by atoms with Gasteiger partial charge in [-0.1, -0.05) is 13.8 Å². The van der Waals surface area contributed by atoms with E-state index in [1.54, 1.807) is 0 Å². The summed E-state index contributed by atoms with van der Waals surface area (Å²) in [7, 11) is 0. The van der Waals surface area contributed by atoms with Crippen molar-refractivity contribution in [3.05, 3.63) is 0 Å². The fraction of sp³-hybridized carbons (Fsp3) is 0.846. The molecule has 0 bridgehead atoms. The molecule has 0 aliphatic carbocycles. The zero-order chi connectivity index (χ0) is 14.3. The van der Waals surface area contributed by atoms with Crippen LogP contribution in [-0.2, 0) is 4.79 Å². The summed E-state index contributed by atoms with van der Waals surface area (Å²) in [6.07, 6.45) is 2.73. The lowest BCUT2D eigenvalue weighted by Gasteiger charge is -2.27. The topological polar surface area (TPSA) is 87.5 Å². The third-order valence-electron chi connectivity index (χ3n) is 3.18. The van der Waals surface area contributed by atoms with Crippen LogP contribution in [0.3, 0.4) is 0 Å². The van der Waals surface area contributed by atoms with Crippen LogP contribution in [0.2, 0.25) is 0 Å². The van der Waals surface area contributed by atoms with Crippen molar-refractivity contribution in [2.24, 2.45) is 11.7 Å². The van der Waals surface area contributed by atoms with Crippen molar-refractivity contribution in [3.63, 3.8) is 0 Å². The van der Waals surface area contributed by atoms with Gasteiger partial charge in [0.2, 0.25) is 5.91 Å². The highest BCUT2D eigenvalue weighted by Gasteiger charge is 2.19. The second kappa shape index (κ2) is 8.12. The Bertz CT molecular complexity index is 301. The molecule has 1 atom stereocenters. The zero-order valence-electron chi connectivity index (χ0n) is 11.9. The average molecular weight is 270 g/mol. The number of urea groups is 1. The molecule has 1 saturated heterocycles. The third kappa shape index (κ3) is 7.12. The normalized spacial score (nSPS) is 19.1. The summed E-state index contributed by atoms with van der Waals surface area (Å²) in [5, 5.41) is 5.57. The Morgan fingerprint density at radius 1 is 1.47 bits per heavy atom. The Hall–Kier alpha value is -1.14. The Morgan fingerprint density at radius 2 is 2.21 bits per heavy atom. The predicted molar refractivity (Wildman–Crippen MR) is 74.6 cm³/mol. The number of carbonyl (C=O) groups excluding carboxylic acids is 2. The maximum absolute atomic E-state index is 11.4. The van der Waals surface area contributed by atoms with Gasteiger partial charge in [0.1, 0.15) is 0 Å². The molecule has 0 radical (unpaired) electrons. The molecule has 110 valence electrons. The number of amides is 3. The number of primary amides is 1. The van der Waals surface area contributed by atoms with E-state index in [9.17, 15) is 9.59 Å². The van der Waals surface area contributed by atoms with Gasteiger partial charge in [-0.2, -0.15) is 0 Å². The lowest BCUT2D eigenvalue weighted by molar-refractivity contribution is -0.120. The molecule has 0 aromatic carbocycles. The number of hydrogen-bond acceptors (Lipinski definition) is 4. The Balaban J connectivity index is 2.35. The molecule has 0 aromatic heterocycles. The molecule has 1 rings (SSSR count). The van der Waals surface area contributed by atoms with Gasteiger partial charge in [0.05, 0.1) is 0 Å². The van der Waals surface area contributed by atoms with E-state index in [0.717, 1.165) is 19.6 Å². The molecule has 6 heteroatoms. The summed E-state index contributed by atoms with van der Waals surface area (Å²) in [5.41, 5.74) is 4.92. The van der Waals surface area contributed by atoms with Gasteiger partial charge in [-0.3, -0.25) is 10.1 Å². The molecule has 0 spiro atoms. The van der Waals surface area contributed by atoms with Crippen molar-refractivity contribution in [1.29, 1.82) is 0 Å². The Kier molecular flexibility index (Phi) is 6.80. The number of nitrogens with one attached hydrogen (secondary N) is 2. The summed E-state index contributed by atoms with van der Waals surface area (Å²) in [4.78, 5) is 24.3. The maximum Gasteiger partial charge on any atom is 0.318 e. The van der Waals surface area contributed by atoms with Crippen LogP contribution in [0, 0.1) is 5.92 Å². The number of nitrogens with two attached hydrogens (primary N) is 1. The molecule has 1 aliphatic heterocycles. The lowest BCUT2D eigenvalue weighted by atomic mass is 10.1. The smallest absolute Gasteiger partial charge is 0.318 e. The second-order valence-electron chi connectivity index (χ2n) is 5.61. The minimum absolute atomic E-state index is 0.305. The first-order chi connectivity index (χ1) is 8.97. The van der Waals surface area contributed by atoms with Gasteiger partial charge in [-0.05, 0) is 25.3 Å². The van der Waals surface area contributed by atoms with Crippen LogP contribution >= 0.6 is 0 Å². The fourth-order valence-corrected chi connectivity index (χ4v) is 2.46. The van der Waals surface area contributed by atoms with Gasteiger partial charge >= 0.3 is 6.03 Å². The average Bonchev–Trinajstić information content (AvgIpc) is 2.77. The molecule has 1 heterocycles. The van der Waals surface area contributed by atoms with Crippen LogP contribution in [-0.4, -0.2) is 49.1 Å². The number of hydrogen-bond donors (Lipinski definition) is 3. The number of rotatable bonds is 7. The highest BCUT2D eigenvalue weighted by Crippen LogP contribution is 2.09. The largest absolute Gasteiger partial charge is 0.351 e. The lowest BCUT2D eigenvalue weighted by Crippen LogP contribution is -2.42. The van der Waals surface area contributed by atoms with Gasteiger partial charge < -0.3 is 16.0 Å². The molecule has 1 aliphatic rings. The maximum atomic E-state index is 11.4. The van der Waals surface area contributed by atoms with Crippen molar-refractivity contribution < 1.29 is 9.59 Å². The van der Waals surface area contributed by atoms with E-state index < -0.39 is 6.03 Å². The minimum atomic E-state index is -0.780. The fourth-order valence-electron chi connectivity index (χ4n) is 2.46. The summed E-state index contributed by atoms with van der Waals surface area (Å²) >= 11 is 0. The van der Waals surface area contributed by atoms with Gasteiger partial charge in [0.15, 0.2) is 0 Å². The molecular formula is C13H26N4O2. The van der Waals surface area contributed by atoms with Crippen molar-refractivity contribution in [2.75, 3.05) is 26.2 Å². The predicted octanol–water partition coefficient (Wildman–Crippen LogP) is 0.281. The first-order valence-electron chi connectivity index (χ1n) is 7.02. The molecule has 0 aromatic rings. The van der Waals surface area contributed by atoms with Crippen molar-refractivity contribution in [1.82, 2.24) is 15.5 Å². The van der Waals surface area contributed by atoms with Crippen LogP contribution in [0.15, 0.2) is 0 Å². The quantitative estimate of drug-likeness (QED) is 0.620. The third-order valence-corrected chi connectivity index (χ3v) is 3.18. The number of carbonyl (C=O) groups is 2. The van der Waals surface area contributed by atoms with Gasteiger partial charge in [0.25, 0.3) is 0 Å². The molecule has 1 fully saturated rings. The summed E-state index contributed by atoms with van der Waals surface area (Å²) < 4.78 is 0. The van der Waals surface area contributed by atoms with E-state index >= 15 is 0 Å². The van der Waals surface area contributed by atoms with E-state index in [0.29, 0.717) is 24.9 Å². The van der Waals surface area contributed by atoms with E-state index in [4.69, 9.17) is 5.73 Å².